The van der Waals surface area contributed by atoms with Crippen molar-refractivity contribution in [3.05, 3.63) is 22.4 Å². The fourth-order valence-electron chi connectivity index (χ4n) is 2.34. The van der Waals surface area contributed by atoms with Crippen LogP contribution in [0.15, 0.2) is 16.8 Å². The van der Waals surface area contributed by atoms with Crippen molar-refractivity contribution in [1.82, 2.24) is 10.2 Å². The second-order valence-corrected chi connectivity index (χ2v) is 5.71. The highest BCUT2D eigenvalue weighted by molar-refractivity contribution is 7.07. The van der Waals surface area contributed by atoms with Crippen molar-refractivity contribution in [3.63, 3.8) is 0 Å². The maximum absolute atomic E-state index is 12.2. The molecule has 1 aliphatic rings. The third kappa shape index (κ3) is 2.69. The summed E-state index contributed by atoms with van der Waals surface area (Å²) in [6.45, 7) is 7.13. The molecule has 0 radical (unpaired) electrons. The molecule has 1 aromatic rings. The number of rotatable bonds is 4. The predicted molar refractivity (Wildman–Crippen MR) is 71.1 cm³/mol. The third-order valence-electron chi connectivity index (χ3n) is 3.27. The normalized spacial score (nSPS) is 22.5. The Balaban J connectivity index is 2.02. The molecule has 2 atom stereocenters. The van der Waals surface area contributed by atoms with Gasteiger partial charge in [0.15, 0.2) is 0 Å². The van der Waals surface area contributed by atoms with Crippen molar-refractivity contribution in [1.29, 1.82) is 0 Å². The zero-order valence-electron chi connectivity index (χ0n) is 10.6. The fourth-order valence-corrected chi connectivity index (χ4v) is 3.08. The van der Waals surface area contributed by atoms with E-state index in [-0.39, 0.29) is 18.0 Å². The third-order valence-corrected chi connectivity index (χ3v) is 3.97. The molecular weight excluding hydrogens is 232 g/mol. The number of hydrogen-bond acceptors (Lipinski definition) is 3. The van der Waals surface area contributed by atoms with Crippen molar-refractivity contribution in [3.8, 4) is 0 Å². The molecule has 0 saturated carbocycles. The Morgan fingerprint density at radius 1 is 1.47 bits per heavy atom. The van der Waals surface area contributed by atoms with Crippen LogP contribution in [-0.2, 0) is 4.79 Å². The molecule has 2 heterocycles. The average Bonchev–Trinajstić information content (AvgIpc) is 2.88. The summed E-state index contributed by atoms with van der Waals surface area (Å²) in [7, 11) is 0. The fraction of sp³-hybridized carbons (Fsp3) is 0.615. The van der Waals surface area contributed by atoms with Gasteiger partial charge in [-0.2, -0.15) is 11.3 Å². The minimum atomic E-state index is 0.0103. The topological polar surface area (TPSA) is 32.3 Å². The van der Waals surface area contributed by atoms with E-state index in [0.717, 1.165) is 13.0 Å². The summed E-state index contributed by atoms with van der Waals surface area (Å²) in [6, 6.07) is 2.68. The Labute approximate surface area is 107 Å². The SMILES string of the molecule is CC(C)NC1CCN(C(C)c2ccsc2)C1=O. The van der Waals surface area contributed by atoms with Crippen LogP contribution in [0.25, 0.3) is 0 Å². The number of carbonyl (C=O) groups is 1. The molecule has 2 rings (SSSR count). The van der Waals surface area contributed by atoms with E-state index in [2.05, 4.69) is 42.9 Å². The Kier molecular flexibility index (Phi) is 3.84. The van der Waals surface area contributed by atoms with E-state index >= 15 is 0 Å². The van der Waals surface area contributed by atoms with E-state index in [1.54, 1.807) is 11.3 Å². The smallest absolute Gasteiger partial charge is 0.240 e. The van der Waals surface area contributed by atoms with Gasteiger partial charge in [0, 0.05) is 12.6 Å². The Morgan fingerprint density at radius 3 is 2.82 bits per heavy atom. The van der Waals surface area contributed by atoms with Gasteiger partial charge in [0.05, 0.1) is 12.1 Å². The molecule has 1 aliphatic heterocycles. The molecule has 94 valence electrons. The molecular formula is C13H20N2OS. The summed E-state index contributed by atoms with van der Waals surface area (Å²) >= 11 is 1.69. The first kappa shape index (κ1) is 12.6. The van der Waals surface area contributed by atoms with Gasteiger partial charge in [-0.25, -0.2) is 0 Å². The van der Waals surface area contributed by atoms with Crippen LogP contribution in [0, 0.1) is 0 Å². The van der Waals surface area contributed by atoms with E-state index in [0.29, 0.717) is 6.04 Å². The van der Waals surface area contributed by atoms with E-state index in [4.69, 9.17) is 0 Å². The summed E-state index contributed by atoms with van der Waals surface area (Å²) in [5, 5.41) is 7.52. The molecule has 17 heavy (non-hydrogen) atoms. The predicted octanol–water partition coefficient (Wildman–Crippen LogP) is 2.41. The minimum absolute atomic E-state index is 0.0103. The molecule has 0 aliphatic carbocycles. The lowest BCUT2D eigenvalue weighted by Gasteiger charge is -2.24. The highest BCUT2D eigenvalue weighted by Gasteiger charge is 2.34. The van der Waals surface area contributed by atoms with E-state index in [1.807, 2.05) is 4.90 Å². The highest BCUT2D eigenvalue weighted by atomic mass is 32.1. The molecule has 0 bridgehead atoms. The quantitative estimate of drug-likeness (QED) is 0.892. The van der Waals surface area contributed by atoms with Crippen LogP contribution in [-0.4, -0.2) is 29.4 Å². The molecule has 0 spiro atoms. The molecule has 2 unspecified atom stereocenters. The lowest BCUT2D eigenvalue weighted by atomic mass is 10.1. The summed E-state index contributed by atoms with van der Waals surface area (Å²) in [4.78, 5) is 14.2. The lowest BCUT2D eigenvalue weighted by Crippen LogP contribution is -2.42. The number of nitrogens with zero attached hydrogens (tertiary/aromatic N) is 1. The van der Waals surface area contributed by atoms with Crippen molar-refractivity contribution in [2.45, 2.75) is 45.3 Å². The number of likely N-dealkylation sites (tertiary alicyclic amines) is 1. The first-order chi connectivity index (χ1) is 8.09. The Morgan fingerprint density at radius 2 is 2.24 bits per heavy atom. The number of amides is 1. The largest absolute Gasteiger partial charge is 0.334 e. The van der Waals surface area contributed by atoms with Crippen molar-refractivity contribution in [2.75, 3.05) is 6.54 Å². The van der Waals surface area contributed by atoms with Gasteiger partial charge < -0.3 is 10.2 Å². The van der Waals surface area contributed by atoms with E-state index in [9.17, 15) is 4.79 Å². The monoisotopic (exact) mass is 252 g/mol. The number of hydrogen-bond donors (Lipinski definition) is 1. The molecule has 1 amide bonds. The maximum Gasteiger partial charge on any atom is 0.240 e. The van der Waals surface area contributed by atoms with Gasteiger partial charge in [0.2, 0.25) is 5.91 Å². The van der Waals surface area contributed by atoms with Gasteiger partial charge in [-0.05, 0) is 35.7 Å². The Bertz CT molecular complexity index is 375. The second-order valence-electron chi connectivity index (χ2n) is 4.93. The molecule has 1 N–H and O–H groups in total. The van der Waals surface area contributed by atoms with Crippen molar-refractivity contribution >= 4 is 17.2 Å². The molecule has 4 heteroatoms. The average molecular weight is 252 g/mol. The summed E-state index contributed by atoms with van der Waals surface area (Å²) < 4.78 is 0. The van der Waals surface area contributed by atoms with Gasteiger partial charge in [-0.1, -0.05) is 13.8 Å². The first-order valence-corrected chi connectivity index (χ1v) is 7.12. The van der Waals surface area contributed by atoms with Crippen molar-refractivity contribution in [2.24, 2.45) is 0 Å². The summed E-state index contributed by atoms with van der Waals surface area (Å²) in [6.07, 6.45) is 0.922. The molecule has 1 fully saturated rings. The van der Waals surface area contributed by atoms with E-state index in [1.165, 1.54) is 5.56 Å². The van der Waals surface area contributed by atoms with Crippen LogP contribution >= 0.6 is 11.3 Å². The first-order valence-electron chi connectivity index (χ1n) is 6.18. The molecule has 1 aromatic heterocycles. The second kappa shape index (κ2) is 5.19. The van der Waals surface area contributed by atoms with Gasteiger partial charge >= 0.3 is 0 Å². The van der Waals surface area contributed by atoms with Crippen LogP contribution in [0.4, 0.5) is 0 Å². The highest BCUT2D eigenvalue weighted by Crippen LogP contribution is 2.27. The standard InChI is InChI=1S/C13H20N2OS/c1-9(2)14-12-4-6-15(13(12)16)10(3)11-5-7-17-8-11/h5,7-10,12,14H,4,6H2,1-3H3. The lowest BCUT2D eigenvalue weighted by molar-refractivity contribution is -0.131. The summed E-state index contributed by atoms with van der Waals surface area (Å²) in [5.41, 5.74) is 1.24. The number of nitrogens with one attached hydrogen (secondary N) is 1. The van der Waals surface area contributed by atoms with Crippen LogP contribution in [0.2, 0.25) is 0 Å². The zero-order valence-corrected chi connectivity index (χ0v) is 11.5. The van der Waals surface area contributed by atoms with E-state index < -0.39 is 0 Å². The van der Waals surface area contributed by atoms with Crippen LogP contribution in [0.5, 0.6) is 0 Å². The number of thiophene rings is 1. The minimum Gasteiger partial charge on any atom is -0.334 e. The van der Waals surface area contributed by atoms with Gasteiger partial charge in [-0.15, -0.1) is 0 Å². The summed E-state index contributed by atoms with van der Waals surface area (Å²) in [5.74, 6) is 0.248. The molecule has 1 saturated heterocycles. The molecule has 3 nitrogen and oxygen atoms in total. The van der Waals surface area contributed by atoms with Gasteiger partial charge in [-0.3, -0.25) is 4.79 Å². The van der Waals surface area contributed by atoms with Gasteiger partial charge in [0.25, 0.3) is 0 Å². The number of carbonyl (C=O) groups excluding carboxylic acids is 1. The Hall–Kier alpha value is -0.870. The van der Waals surface area contributed by atoms with Crippen LogP contribution in [0.1, 0.15) is 38.8 Å². The molecule has 0 aromatic carbocycles. The van der Waals surface area contributed by atoms with Crippen LogP contribution in [0.3, 0.4) is 0 Å². The maximum atomic E-state index is 12.2. The van der Waals surface area contributed by atoms with Crippen LogP contribution < -0.4 is 5.32 Å². The van der Waals surface area contributed by atoms with Crippen molar-refractivity contribution < 1.29 is 4.79 Å². The zero-order chi connectivity index (χ0) is 12.4. The van der Waals surface area contributed by atoms with Gasteiger partial charge in [0.1, 0.15) is 0 Å².